The maximum absolute atomic E-state index is 6.44. The number of halogens is 2. The second-order valence-electron chi connectivity index (χ2n) is 5.56. The highest BCUT2D eigenvalue weighted by molar-refractivity contribution is 6.32. The van der Waals surface area contributed by atoms with Crippen LogP contribution in [0.25, 0.3) is 11.4 Å². The Hall–Kier alpha value is -2.22. The summed E-state index contributed by atoms with van der Waals surface area (Å²) in [5.41, 5.74) is 8.57. The van der Waals surface area contributed by atoms with E-state index in [0.29, 0.717) is 22.6 Å². The third kappa shape index (κ3) is 4.07. The molecule has 0 amide bonds. The van der Waals surface area contributed by atoms with Crippen LogP contribution in [0.2, 0.25) is 5.02 Å². The van der Waals surface area contributed by atoms with Crippen LogP contribution in [0.15, 0.2) is 30.7 Å². The van der Waals surface area contributed by atoms with Gasteiger partial charge in [-0.05, 0) is 25.0 Å². The lowest BCUT2D eigenvalue weighted by atomic mass is 10.0. The summed E-state index contributed by atoms with van der Waals surface area (Å²) in [4.78, 5) is 12.8. The Labute approximate surface area is 157 Å². The molecule has 0 aliphatic heterocycles. The van der Waals surface area contributed by atoms with E-state index in [2.05, 4.69) is 25.4 Å². The van der Waals surface area contributed by atoms with Crippen molar-refractivity contribution in [1.82, 2.24) is 24.7 Å². The van der Waals surface area contributed by atoms with Crippen LogP contribution in [-0.2, 0) is 7.05 Å². The Kier molecular flexibility index (Phi) is 5.94. The standard InChI is InChI=1S/C16H18ClN7.ClH/c1-9-11(4-5-12(10(2)18)14(9)17)15-19-8-20-16(22-15)21-13-6-7-24(3)23-13;/h4-8,10H,18H2,1-3H3,(H,19,20,21,22,23);1H/t10-;/m1./s1. The smallest absolute Gasteiger partial charge is 0.231 e. The lowest BCUT2D eigenvalue weighted by Gasteiger charge is -2.13. The Balaban J connectivity index is 0.00000225. The first-order valence-electron chi connectivity index (χ1n) is 7.46. The van der Waals surface area contributed by atoms with Crippen LogP contribution in [0.3, 0.4) is 0 Å². The summed E-state index contributed by atoms with van der Waals surface area (Å²) in [5, 5.41) is 7.93. The lowest BCUT2D eigenvalue weighted by molar-refractivity contribution is 0.770. The lowest BCUT2D eigenvalue weighted by Crippen LogP contribution is -2.07. The van der Waals surface area contributed by atoms with Gasteiger partial charge in [-0.3, -0.25) is 4.68 Å². The van der Waals surface area contributed by atoms with Crippen molar-refractivity contribution in [2.24, 2.45) is 12.8 Å². The highest BCUT2D eigenvalue weighted by Crippen LogP contribution is 2.32. The van der Waals surface area contributed by atoms with Crippen LogP contribution in [0.4, 0.5) is 11.8 Å². The van der Waals surface area contributed by atoms with Crippen LogP contribution in [0, 0.1) is 6.92 Å². The zero-order chi connectivity index (χ0) is 17.3. The topological polar surface area (TPSA) is 94.5 Å². The molecular weight excluding hydrogens is 361 g/mol. The summed E-state index contributed by atoms with van der Waals surface area (Å²) in [6.07, 6.45) is 3.29. The minimum absolute atomic E-state index is 0. The molecule has 3 rings (SSSR count). The Morgan fingerprint density at radius 2 is 2.00 bits per heavy atom. The number of anilines is 2. The van der Waals surface area contributed by atoms with Crippen LogP contribution in [0.1, 0.15) is 24.1 Å². The van der Waals surface area contributed by atoms with Gasteiger partial charge in [0.2, 0.25) is 5.95 Å². The van der Waals surface area contributed by atoms with Crippen LogP contribution < -0.4 is 11.1 Å². The Bertz CT molecular complexity index is 877. The molecule has 0 unspecified atom stereocenters. The fraction of sp³-hybridized carbons (Fsp3) is 0.250. The number of nitrogens with one attached hydrogen (secondary N) is 1. The van der Waals surface area contributed by atoms with Crippen molar-refractivity contribution in [2.45, 2.75) is 19.9 Å². The van der Waals surface area contributed by atoms with Gasteiger partial charge in [-0.1, -0.05) is 23.7 Å². The SMILES string of the molecule is Cc1c(-c2ncnc(Nc3ccn(C)n3)n2)ccc([C@@H](C)N)c1Cl.Cl. The number of rotatable bonds is 4. The molecule has 0 radical (unpaired) electrons. The summed E-state index contributed by atoms with van der Waals surface area (Å²) in [6.45, 7) is 3.83. The second kappa shape index (κ2) is 7.77. The highest BCUT2D eigenvalue weighted by atomic mass is 35.5. The second-order valence-corrected chi connectivity index (χ2v) is 5.94. The molecule has 132 valence electrons. The minimum atomic E-state index is -0.134. The van der Waals surface area contributed by atoms with Crippen LogP contribution >= 0.6 is 24.0 Å². The summed E-state index contributed by atoms with van der Waals surface area (Å²) >= 11 is 6.44. The fourth-order valence-electron chi connectivity index (χ4n) is 2.38. The maximum atomic E-state index is 6.44. The first kappa shape index (κ1) is 19.1. The third-order valence-electron chi connectivity index (χ3n) is 3.67. The molecule has 3 N–H and O–H groups in total. The molecular formula is C16H19Cl2N7. The molecule has 2 heterocycles. The number of nitrogens with zero attached hydrogens (tertiary/aromatic N) is 5. The average Bonchev–Trinajstić information content (AvgIpc) is 2.95. The van der Waals surface area contributed by atoms with Gasteiger partial charge in [-0.2, -0.15) is 10.1 Å². The molecule has 1 aromatic carbocycles. The van der Waals surface area contributed by atoms with E-state index in [1.165, 1.54) is 6.33 Å². The number of hydrogen-bond donors (Lipinski definition) is 2. The van der Waals surface area contributed by atoms with E-state index in [-0.39, 0.29) is 18.4 Å². The molecule has 2 aromatic heterocycles. The van der Waals surface area contributed by atoms with E-state index in [0.717, 1.165) is 16.7 Å². The Morgan fingerprint density at radius 1 is 1.24 bits per heavy atom. The quantitative estimate of drug-likeness (QED) is 0.720. The molecule has 0 saturated heterocycles. The molecule has 25 heavy (non-hydrogen) atoms. The molecule has 9 heteroatoms. The van der Waals surface area contributed by atoms with Crippen molar-refractivity contribution in [2.75, 3.05) is 5.32 Å². The first-order valence-corrected chi connectivity index (χ1v) is 7.84. The largest absolute Gasteiger partial charge is 0.324 e. The predicted octanol–water partition coefficient (Wildman–Crippen LogP) is 3.42. The molecule has 0 bridgehead atoms. The van der Waals surface area contributed by atoms with E-state index >= 15 is 0 Å². The normalized spacial score (nSPS) is 11.7. The summed E-state index contributed by atoms with van der Waals surface area (Å²) in [7, 11) is 1.84. The molecule has 3 aromatic rings. The van der Waals surface area contributed by atoms with E-state index in [1.54, 1.807) is 4.68 Å². The molecule has 1 atom stereocenters. The number of aromatic nitrogens is 5. The molecule has 0 saturated carbocycles. The van der Waals surface area contributed by atoms with Crippen molar-refractivity contribution >= 4 is 35.8 Å². The van der Waals surface area contributed by atoms with Gasteiger partial charge in [0.25, 0.3) is 0 Å². The van der Waals surface area contributed by atoms with Gasteiger partial charge < -0.3 is 11.1 Å². The van der Waals surface area contributed by atoms with Crippen molar-refractivity contribution < 1.29 is 0 Å². The van der Waals surface area contributed by atoms with Gasteiger partial charge in [-0.25, -0.2) is 9.97 Å². The summed E-state index contributed by atoms with van der Waals surface area (Å²) < 4.78 is 1.70. The van der Waals surface area contributed by atoms with E-state index in [4.69, 9.17) is 17.3 Å². The molecule has 0 fully saturated rings. The van der Waals surface area contributed by atoms with Gasteiger partial charge in [0.15, 0.2) is 11.6 Å². The van der Waals surface area contributed by atoms with E-state index in [9.17, 15) is 0 Å². The molecule has 0 aliphatic rings. The molecule has 0 aliphatic carbocycles. The molecule has 0 spiro atoms. The van der Waals surface area contributed by atoms with Gasteiger partial charge >= 0.3 is 0 Å². The average molecular weight is 380 g/mol. The number of benzene rings is 1. The first-order chi connectivity index (χ1) is 11.5. The van der Waals surface area contributed by atoms with Gasteiger partial charge in [0, 0.05) is 35.9 Å². The monoisotopic (exact) mass is 379 g/mol. The maximum Gasteiger partial charge on any atom is 0.231 e. The molecule has 7 nitrogen and oxygen atoms in total. The van der Waals surface area contributed by atoms with E-state index < -0.39 is 0 Å². The van der Waals surface area contributed by atoms with Crippen molar-refractivity contribution in [3.63, 3.8) is 0 Å². The van der Waals surface area contributed by atoms with Crippen LogP contribution in [-0.4, -0.2) is 24.7 Å². The van der Waals surface area contributed by atoms with Gasteiger partial charge in [0.1, 0.15) is 6.33 Å². The summed E-state index contributed by atoms with van der Waals surface area (Å²) in [6, 6.07) is 5.54. The third-order valence-corrected chi connectivity index (χ3v) is 4.17. The van der Waals surface area contributed by atoms with E-state index in [1.807, 2.05) is 45.3 Å². The number of hydrogen-bond acceptors (Lipinski definition) is 6. The zero-order valence-corrected chi connectivity index (χ0v) is 15.6. The highest BCUT2D eigenvalue weighted by Gasteiger charge is 2.14. The van der Waals surface area contributed by atoms with Gasteiger partial charge in [0.05, 0.1) is 0 Å². The number of aryl methyl sites for hydroxylation is 1. The minimum Gasteiger partial charge on any atom is -0.324 e. The Morgan fingerprint density at radius 3 is 2.64 bits per heavy atom. The van der Waals surface area contributed by atoms with Crippen molar-refractivity contribution in [3.05, 3.63) is 46.9 Å². The van der Waals surface area contributed by atoms with Gasteiger partial charge in [-0.15, -0.1) is 12.4 Å². The number of nitrogens with two attached hydrogens (primary N) is 1. The van der Waals surface area contributed by atoms with Crippen LogP contribution in [0.5, 0.6) is 0 Å². The zero-order valence-electron chi connectivity index (χ0n) is 14.1. The summed E-state index contributed by atoms with van der Waals surface area (Å²) in [5.74, 6) is 1.63. The fourth-order valence-corrected chi connectivity index (χ4v) is 2.72. The van der Waals surface area contributed by atoms with Crippen molar-refractivity contribution in [1.29, 1.82) is 0 Å². The van der Waals surface area contributed by atoms with Crippen molar-refractivity contribution in [3.8, 4) is 11.4 Å². The predicted molar refractivity (Wildman–Crippen MR) is 101 cm³/mol.